The van der Waals surface area contributed by atoms with E-state index in [0.717, 1.165) is 12.0 Å². The van der Waals surface area contributed by atoms with Gasteiger partial charge in [0.15, 0.2) is 0 Å². The van der Waals surface area contributed by atoms with Crippen LogP contribution in [-0.2, 0) is 0 Å². The van der Waals surface area contributed by atoms with Crippen LogP contribution in [0.1, 0.15) is 27.2 Å². The predicted octanol–water partition coefficient (Wildman–Crippen LogP) is 1.94. The summed E-state index contributed by atoms with van der Waals surface area (Å²) in [6, 6.07) is 0.199. The Morgan fingerprint density at radius 2 is 2.00 bits per heavy atom. The third-order valence-corrected chi connectivity index (χ3v) is 1.36. The lowest BCUT2D eigenvalue weighted by Gasteiger charge is -2.12. The fourth-order valence-electron chi connectivity index (χ4n) is 0.709. The van der Waals surface area contributed by atoms with Crippen LogP contribution >= 0.6 is 0 Å². The molecule has 1 heteroatoms. The largest absolute Gasteiger partial charge is 0.324 e. The van der Waals surface area contributed by atoms with Gasteiger partial charge in [0.2, 0.25) is 0 Å². The minimum atomic E-state index is 0.199. The second-order valence-electron chi connectivity index (χ2n) is 3.08. The van der Waals surface area contributed by atoms with Gasteiger partial charge in [-0.3, -0.25) is 0 Å². The van der Waals surface area contributed by atoms with E-state index in [4.69, 9.17) is 5.73 Å². The zero-order valence-electron chi connectivity index (χ0n) is 6.65. The summed E-state index contributed by atoms with van der Waals surface area (Å²) in [5, 5.41) is 0. The Labute approximate surface area is 57.9 Å². The van der Waals surface area contributed by atoms with Crippen LogP contribution in [0.15, 0.2) is 12.2 Å². The second-order valence-corrected chi connectivity index (χ2v) is 3.08. The molecule has 0 fully saturated rings. The van der Waals surface area contributed by atoms with E-state index in [1.165, 1.54) is 0 Å². The summed E-state index contributed by atoms with van der Waals surface area (Å²) in [5.74, 6) is 0.677. The normalized spacial score (nSPS) is 13.9. The monoisotopic (exact) mass is 127 g/mol. The molecular formula is C8H17N. The summed E-state index contributed by atoms with van der Waals surface area (Å²) in [6.07, 6.45) is 1.05. The minimum Gasteiger partial charge on any atom is -0.324 e. The molecule has 0 heterocycles. The molecule has 0 bridgehead atoms. The smallest absolute Gasteiger partial charge is 0.0250 e. The minimum absolute atomic E-state index is 0.199. The van der Waals surface area contributed by atoms with Gasteiger partial charge in [-0.25, -0.2) is 0 Å². The molecule has 0 unspecified atom stereocenters. The van der Waals surface area contributed by atoms with Crippen LogP contribution in [0, 0.1) is 5.92 Å². The van der Waals surface area contributed by atoms with Crippen molar-refractivity contribution in [3.63, 3.8) is 0 Å². The van der Waals surface area contributed by atoms with Gasteiger partial charge < -0.3 is 5.73 Å². The molecule has 0 aromatic rings. The van der Waals surface area contributed by atoms with E-state index in [2.05, 4.69) is 20.4 Å². The molecular weight excluding hydrogens is 110 g/mol. The Balaban J connectivity index is 3.50. The van der Waals surface area contributed by atoms with Gasteiger partial charge in [-0.2, -0.15) is 0 Å². The standard InChI is InChI=1S/C8H17N/c1-6(2)5-8(9)7(3)4/h6,8H,3,5,9H2,1-2,4H3/t8-/m0/s1. The van der Waals surface area contributed by atoms with E-state index in [0.29, 0.717) is 5.92 Å². The van der Waals surface area contributed by atoms with Crippen molar-refractivity contribution in [1.29, 1.82) is 0 Å². The van der Waals surface area contributed by atoms with E-state index < -0.39 is 0 Å². The molecule has 1 nitrogen and oxygen atoms in total. The Morgan fingerprint density at radius 1 is 1.56 bits per heavy atom. The number of rotatable bonds is 3. The highest BCUT2D eigenvalue weighted by molar-refractivity contribution is 4.99. The highest BCUT2D eigenvalue weighted by Crippen LogP contribution is 2.07. The van der Waals surface area contributed by atoms with Gasteiger partial charge in [0, 0.05) is 6.04 Å². The third kappa shape index (κ3) is 4.22. The summed E-state index contributed by atoms with van der Waals surface area (Å²) < 4.78 is 0. The fourth-order valence-corrected chi connectivity index (χ4v) is 0.709. The first-order valence-electron chi connectivity index (χ1n) is 3.45. The highest BCUT2D eigenvalue weighted by Gasteiger charge is 2.03. The summed E-state index contributed by atoms with van der Waals surface area (Å²) in [5.41, 5.74) is 6.80. The first kappa shape index (κ1) is 8.70. The van der Waals surface area contributed by atoms with Gasteiger partial charge in [0.1, 0.15) is 0 Å². The Kier molecular flexibility index (Phi) is 3.55. The quantitative estimate of drug-likeness (QED) is 0.576. The van der Waals surface area contributed by atoms with Crippen molar-refractivity contribution in [2.24, 2.45) is 11.7 Å². The van der Waals surface area contributed by atoms with Gasteiger partial charge in [-0.1, -0.05) is 26.0 Å². The number of hydrogen-bond acceptors (Lipinski definition) is 1. The van der Waals surface area contributed by atoms with Crippen molar-refractivity contribution in [3.05, 3.63) is 12.2 Å². The molecule has 0 saturated heterocycles. The van der Waals surface area contributed by atoms with E-state index in [1.54, 1.807) is 0 Å². The zero-order valence-corrected chi connectivity index (χ0v) is 6.65. The average molecular weight is 127 g/mol. The first-order valence-corrected chi connectivity index (χ1v) is 3.45. The van der Waals surface area contributed by atoms with Gasteiger partial charge in [-0.05, 0) is 19.3 Å². The SMILES string of the molecule is C=C(C)[C@@H](N)CC(C)C. The third-order valence-electron chi connectivity index (χ3n) is 1.36. The summed E-state index contributed by atoms with van der Waals surface area (Å²) in [7, 11) is 0. The molecule has 0 amide bonds. The van der Waals surface area contributed by atoms with Crippen LogP contribution in [-0.4, -0.2) is 6.04 Å². The first-order chi connectivity index (χ1) is 4.04. The van der Waals surface area contributed by atoms with Crippen LogP contribution < -0.4 is 5.73 Å². The zero-order chi connectivity index (χ0) is 7.44. The molecule has 0 rings (SSSR count). The fraction of sp³-hybridized carbons (Fsp3) is 0.750. The van der Waals surface area contributed by atoms with Crippen molar-refractivity contribution in [3.8, 4) is 0 Å². The molecule has 0 radical (unpaired) electrons. The van der Waals surface area contributed by atoms with Crippen LogP contribution in [0.4, 0.5) is 0 Å². The van der Waals surface area contributed by atoms with Crippen LogP contribution in [0.5, 0.6) is 0 Å². The number of nitrogens with two attached hydrogens (primary N) is 1. The molecule has 2 N–H and O–H groups in total. The van der Waals surface area contributed by atoms with Crippen molar-refractivity contribution in [2.45, 2.75) is 33.2 Å². The maximum absolute atomic E-state index is 5.72. The highest BCUT2D eigenvalue weighted by atomic mass is 14.6. The van der Waals surface area contributed by atoms with Crippen LogP contribution in [0.2, 0.25) is 0 Å². The topological polar surface area (TPSA) is 26.0 Å². The van der Waals surface area contributed by atoms with E-state index in [1.807, 2.05) is 6.92 Å². The summed E-state index contributed by atoms with van der Waals surface area (Å²) in [6.45, 7) is 10.1. The summed E-state index contributed by atoms with van der Waals surface area (Å²) in [4.78, 5) is 0. The Morgan fingerprint density at radius 3 is 2.11 bits per heavy atom. The molecule has 0 aromatic heterocycles. The van der Waals surface area contributed by atoms with Crippen molar-refractivity contribution in [1.82, 2.24) is 0 Å². The van der Waals surface area contributed by atoms with Gasteiger partial charge >= 0.3 is 0 Å². The molecule has 54 valence electrons. The van der Waals surface area contributed by atoms with E-state index in [-0.39, 0.29) is 6.04 Å². The van der Waals surface area contributed by atoms with E-state index in [9.17, 15) is 0 Å². The second kappa shape index (κ2) is 3.67. The van der Waals surface area contributed by atoms with Gasteiger partial charge in [0.05, 0.1) is 0 Å². The molecule has 0 aromatic carbocycles. The molecule has 0 spiro atoms. The molecule has 1 atom stereocenters. The van der Waals surface area contributed by atoms with Gasteiger partial charge in [0.25, 0.3) is 0 Å². The van der Waals surface area contributed by atoms with Crippen LogP contribution in [0.25, 0.3) is 0 Å². The Bertz CT molecular complexity index is 94.7. The maximum atomic E-state index is 5.72. The lowest BCUT2D eigenvalue weighted by atomic mass is 10.0. The Hall–Kier alpha value is -0.300. The molecule has 0 saturated carbocycles. The number of hydrogen-bond donors (Lipinski definition) is 1. The maximum Gasteiger partial charge on any atom is 0.0250 e. The van der Waals surface area contributed by atoms with Crippen molar-refractivity contribution >= 4 is 0 Å². The van der Waals surface area contributed by atoms with Gasteiger partial charge in [-0.15, -0.1) is 0 Å². The van der Waals surface area contributed by atoms with Crippen molar-refractivity contribution in [2.75, 3.05) is 0 Å². The lowest BCUT2D eigenvalue weighted by molar-refractivity contribution is 0.533. The molecule has 9 heavy (non-hydrogen) atoms. The lowest BCUT2D eigenvalue weighted by Crippen LogP contribution is -2.22. The summed E-state index contributed by atoms with van der Waals surface area (Å²) >= 11 is 0. The van der Waals surface area contributed by atoms with Crippen molar-refractivity contribution < 1.29 is 0 Å². The average Bonchev–Trinajstić information content (AvgIpc) is 1.63. The van der Waals surface area contributed by atoms with Crippen LogP contribution in [0.3, 0.4) is 0 Å². The predicted molar refractivity (Wildman–Crippen MR) is 42.2 cm³/mol. The molecule has 0 aliphatic carbocycles. The molecule has 0 aliphatic heterocycles. The van der Waals surface area contributed by atoms with E-state index >= 15 is 0 Å². The molecule has 0 aliphatic rings.